The molecule has 0 spiro atoms. The number of aliphatic hydroxyl groups excluding tert-OH is 1. The fourth-order valence-electron chi connectivity index (χ4n) is 2.80. The van der Waals surface area contributed by atoms with Gasteiger partial charge in [0.1, 0.15) is 11.5 Å². The molecule has 0 radical (unpaired) electrons. The lowest BCUT2D eigenvalue weighted by Crippen LogP contribution is -2.31. The normalized spacial score (nSPS) is 18.8. The molecular weight excluding hydrogens is 264 g/mol. The largest absolute Gasteiger partial charge is 0.455 e. The summed E-state index contributed by atoms with van der Waals surface area (Å²) in [6, 6.07) is 12.1. The minimum absolute atomic E-state index is 0.228. The van der Waals surface area contributed by atoms with Gasteiger partial charge in [0.2, 0.25) is 0 Å². The Balaban J connectivity index is 1.76. The number of benzene rings is 1. The summed E-state index contributed by atoms with van der Waals surface area (Å²) >= 11 is 0. The number of aliphatic hydroxyl groups is 1. The van der Waals surface area contributed by atoms with E-state index in [0.29, 0.717) is 0 Å². The first-order valence-corrected chi connectivity index (χ1v) is 7.37. The SMILES string of the molecule is OCC1CCCN1Cc1ccccc1Oc1cccnc1. The fraction of sp³-hybridized carbons (Fsp3) is 0.353. The predicted molar refractivity (Wildman–Crippen MR) is 81.3 cm³/mol. The maximum absolute atomic E-state index is 9.44. The van der Waals surface area contributed by atoms with Crippen molar-refractivity contribution in [2.75, 3.05) is 13.2 Å². The zero-order valence-electron chi connectivity index (χ0n) is 12.0. The average molecular weight is 284 g/mol. The van der Waals surface area contributed by atoms with Crippen LogP contribution in [0, 0.1) is 0 Å². The van der Waals surface area contributed by atoms with Crippen molar-refractivity contribution in [3.63, 3.8) is 0 Å². The van der Waals surface area contributed by atoms with Crippen LogP contribution in [0.1, 0.15) is 18.4 Å². The van der Waals surface area contributed by atoms with Gasteiger partial charge < -0.3 is 9.84 Å². The van der Waals surface area contributed by atoms with Crippen LogP contribution in [0.4, 0.5) is 0 Å². The molecule has 1 aliphatic rings. The highest BCUT2D eigenvalue weighted by Crippen LogP contribution is 2.28. The van der Waals surface area contributed by atoms with Crippen LogP contribution in [0.25, 0.3) is 0 Å². The molecule has 1 aliphatic heterocycles. The monoisotopic (exact) mass is 284 g/mol. The molecule has 1 atom stereocenters. The number of hydrogen-bond donors (Lipinski definition) is 1. The van der Waals surface area contributed by atoms with Crippen molar-refractivity contribution in [2.45, 2.75) is 25.4 Å². The summed E-state index contributed by atoms with van der Waals surface area (Å²) in [6.07, 6.45) is 5.66. The Labute approximate surface area is 125 Å². The highest BCUT2D eigenvalue weighted by Gasteiger charge is 2.24. The number of aromatic nitrogens is 1. The van der Waals surface area contributed by atoms with Gasteiger partial charge in [-0.05, 0) is 37.6 Å². The van der Waals surface area contributed by atoms with Crippen molar-refractivity contribution in [3.05, 3.63) is 54.4 Å². The molecule has 1 aromatic heterocycles. The molecule has 0 aliphatic carbocycles. The minimum Gasteiger partial charge on any atom is -0.455 e. The molecule has 1 unspecified atom stereocenters. The van der Waals surface area contributed by atoms with E-state index in [0.717, 1.165) is 43.0 Å². The Morgan fingerprint density at radius 3 is 2.95 bits per heavy atom. The third-order valence-corrected chi connectivity index (χ3v) is 3.92. The maximum Gasteiger partial charge on any atom is 0.145 e. The second kappa shape index (κ2) is 6.70. The lowest BCUT2D eigenvalue weighted by atomic mass is 10.1. The van der Waals surface area contributed by atoms with Crippen LogP contribution in [-0.4, -0.2) is 34.2 Å². The van der Waals surface area contributed by atoms with Gasteiger partial charge in [0.05, 0.1) is 12.8 Å². The molecule has 1 saturated heterocycles. The van der Waals surface area contributed by atoms with Crippen LogP contribution >= 0.6 is 0 Å². The van der Waals surface area contributed by atoms with Crippen molar-refractivity contribution in [2.24, 2.45) is 0 Å². The molecule has 2 heterocycles. The van der Waals surface area contributed by atoms with Gasteiger partial charge in [-0.1, -0.05) is 18.2 Å². The van der Waals surface area contributed by atoms with Gasteiger partial charge in [-0.3, -0.25) is 9.88 Å². The first-order valence-electron chi connectivity index (χ1n) is 7.37. The molecule has 4 heteroatoms. The summed E-state index contributed by atoms with van der Waals surface area (Å²) in [4.78, 5) is 6.40. The minimum atomic E-state index is 0.228. The molecule has 21 heavy (non-hydrogen) atoms. The molecule has 4 nitrogen and oxygen atoms in total. The second-order valence-corrected chi connectivity index (χ2v) is 5.35. The number of hydrogen-bond acceptors (Lipinski definition) is 4. The molecule has 1 fully saturated rings. The van der Waals surface area contributed by atoms with Crippen LogP contribution < -0.4 is 4.74 Å². The number of nitrogens with zero attached hydrogens (tertiary/aromatic N) is 2. The standard InChI is InChI=1S/C17H20N2O2/c20-13-15-6-4-10-19(15)12-14-5-1-2-8-17(14)21-16-7-3-9-18-11-16/h1-3,5,7-9,11,15,20H,4,6,10,12-13H2. The number of likely N-dealkylation sites (tertiary alicyclic amines) is 1. The molecule has 2 aromatic rings. The zero-order valence-corrected chi connectivity index (χ0v) is 12.0. The quantitative estimate of drug-likeness (QED) is 0.917. The lowest BCUT2D eigenvalue weighted by Gasteiger charge is -2.23. The van der Waals surface area contributed by atoms with Crippen LogP contribution in [0.3, 0.4) is 0 Å². The van der Waals surface area contributed by atoms with E-state index in [-0.39, 0.29) is 12.6 Å². The second-order valence-electron chi connectivity index (χ2n) is 5.35. The van der Waals surface area contributed by atoms with Crippen molar-refractivity contribution < 1.29 is 9.84 Å². The van der Waals surface area contributed by atoms with E-state index in [1.807, 2.05) is 30.3 Å². The van der Waals surface area contributed by atoms with Crippen molar-refractivity contribution in [1.29, 1.82) is 0 Å². The molecule has 3 rings (SSSR count). The number of para-hydroxylation sites is 1. The summed E-state index contributed by atoms with van der Waals surface area (Å²) in [5, 5.41) is 9.44. The molecule has 0 amide bonds. The summed E-state index contributed by atoms with van der Waals surface area (Å²) in [5.41, 5.74) is 1.14. The van der Waals surface area contributed by atoms with Crippen molar-refractivity contribution >= 4 is 0 Å². The summed E-state index contributed by atoms with van der Waals surface area (Å²) in [7, 11) is 0. The molecule has 1 N–H and O–H groups in total. The molecule has 110 valence electrons. The van der Waals surface area contributed by atoms with Crippen LogP contribution in [0.2, 0.25) is 0 Å². The topological polar surface area (TPSA) is 45.6 Å². The van der Waals surface area contributed by atoms with E-state index in [9.17, 15) is 5.11 Å². The molecular formula is C17H20N2O2. The summed E-state index contributed by atoms with van der Waals surface area (Å²) < 4.78 is 5.94. The van der Waals surface area contributed by atoms with Crippen molar-refractivity contribution in [3.8, 4) is 11.5 Å². The summed E-state index contributed by atoms with van der Waals surface area (Å²) in [6.45, 7) is 2.07. The lowest BCUT2D eigenvalue weighted by molar-refractivity contribution is 0.153. The Hall–Kier alpha value is -1.91. The fourth-order valence-corrected chi connectivity index (χ4v) is 2.80. The molecule has 0 bridgehead atoms. The van der Waals surface area contributed by atoms with E-state index < -0.39 is 0 Å². The Bertz CT molecular complexity index is 574. The Morgan fingerprint density at radius 2 is 2.14 bits per heavy atom. The van der Waals surface area contributed by atoms with E-state index in [1.54, 1.807) is 12.4 Å². The van der Waals surface area contributed by atoms with Crippen LogP contribution in [0.5, 0.6) is 11.5 Å². The predicted octanol–water partition coefficient (Wildman–Crippen LogP) is 2.83. The average Bonchev–Trinajstić information content (AvgIpc) is 2.97. The number of rotatable bonds is 5. The third-order valence-electron chi connectivity index (χ3n) is 3.92. The van der Waals surface area contributed by atoms with Gasteiger partial charge >= 0.3 is 0 Å². The van der Waals surface area contributed by atoms with E-state index >= 15 is 0 Å². The Morgan fingerprint density at radius 1 is 1.24 bits per heavy atom. The third kappa shape index (κ3) is 3.40. The van der Waals surface area contributed by atoms with Gasteiger partial charge in [0.25, 0.3) is 0 Å². The van der Waals surface area contributed by atoms with Gasteiger partial charge in [0.15, 0.2) is 0 Å². The highest BCUT2D eigenvalue weighted by molar-refractivity contribution is 5.37. The smallest absolute Gasteiger partial charge is 0.145 e. The van der Waals surface area contributed by atoms with Gasteiger partial charge in [-0.15, -0.1) is 0 Å². The maximum atomic E-state index is 9.44. The summed E-state index contributed by atoms with van der Waals surface area (Å²) in [5.74, 6) is 1.60. The van der Waals surface area contributed by atoms with E-state index in [1.165, 1.54) is 0 Å². The molecule has 1 aromatic carbocycles. The van der Waals surface area contributed by atoms with Crippen LogP contribution in [-0.2, 0) is 6.54 Å². The first-order chi connectivity index (χ1) is 10.4. The molecule has 0 saturated carbocycles. The van der Waals surface area contributed by atoms with E-state index in [4.69, 9.17) is 4.74 Å². The van der Waals surface area contributed by atoms with Gasteiger partial charge in [-0.2, -0.15) is 0 Å². The zero-order chi connectivity index (χ0) is 14.5. The van der Waals surface area contributed by atoms with Crippen molar-refractivity contribution in [1.82, 2.24) is 9.88 Å². The van der Waals surface area contributed by atoms with Gasteiger partial charge in [-0.25, -0.2) is 0 Å². The number of ether oxygens (including phenoxy) is 1. The van der Waals surface area contributed by atoms with Crippen LogP contribution in [0.15, 0.2) is 48.8 Å². The highest BCUT2D eigenvalue weighted by atomic mass is 16.5. The Kier molecular flexibility index (Phi) is 4.48. The van der Waals surface area contributed by atoms with Gasteiger partial charge in [0, 0.05) is 24.3 Å². The number of pyridine rings is 1. The van der Waals surface area contributed by atoms with E-state index in [2.05, 4.69) is 16.0 Å². The first kappa shape index (κ1) is 14.0.